The van der Waals surface area contributed by atoms with Crippen LogP contribution in [0.4, 0.5) is 0 Å². The maximum Gasteiger partial charge on any atom is 0.163 e. The quantitative estimate of drug-likeness (QED) is 0.845. The fraction of sp³-hybridized carbons (Fsp3) is 0.533. The molecule has 0 aliphatic rings. The van der Waals surface area contributed by atoms with E-state index in [0.29, 0.717) is 18.0 Å². The first-order chi connectivity index (χ1) is 9.74. The van der Waals surface area contributed by atoms with Crippen LogP contribution in [0, 0.1) is 0 Å². The van der Waals surface area contributed by atoms with Crippen molar-refractivity contribution in [2.45, 2.75) is 32.7 Å². The molecule has 0 saturated carbocycles. The fourth-order valence-electron chi connectivity index (χ4n) is 2.38. The van der Waals surface area contributed by atoms with Crippen LogP contribution in [0.1, 0.15) is 25.6 Å². The Balaban J connectivity index is 2.54. The molecule has 1 aromatic heterocycles. The van der Waals surface area contributed by atoms with Crippen LogP contribution in [-0.4, -0.2) is 35.5 Å². The molecule has 20 heavy (non-hydrogen) atoms. The molecule has 5 nitrogen and oxygen atoms in total. The van der Waals surface area contributed by atoms with Crippen LogP contribution in [0.2, 0.25) is 0 Å². The van der Waals surface area contributed by atoms with Crippen LogP contribution >= 0.6 is 0 Å². The molecule has 0 radical (unpaired) electrons. The molecule has 0 bridgehead atoms. The smallest absolute Gasteiger partial charge is 0.163 e. The number of aromatic nitrogens is 2. The van der Waals surface area contributed by atoms with Gasteiger partial charge in [-0.1, -0.05) is 13.3 Å². The SMILES string of the molecule is CCCCc1nc2cc(OC)c(OC)cc2n1CCO. The molecule has 2 aromatic rings. The van der Waals surface area contributed by atoms with Crippen molar-refractivity contribution in [3.05, 3.63) is 18.0 Å². The molecule has 0 atom stereocenters. The number of nitrogens with zero attached hydrogens (tertiary/aromatic N) is 2. The summed E-state index contributed by atoms with van der Waals surface area (Å²) in [4.78, 5) is 4.67. The Labute approximate surface area is 119 Å². The van der Waals surface area contributed by atoms with Gasteiger partial charge in [0.15, 0.2) is 11.5 Å². The summed E-state index contributed by atoms with van der Waals surface area (Å²) in [6.07, 6.45) is 3.12. The van der Waals surface area contributed by atoms with Crippen molar-refractivity contribution in [1.29, 1.82) is 0 Å². The number of ether oxygens (including phenoxy) is 2. The summed E-state index contributed by atoms with van der Waals surface area (Å²) >= 11 is 0. The summed E-state index contributed by atoms with van der Waals surface area (Å²) in [6.45, 7) is 2.80. The number of hydrogen-bond acceptors (Lipinski definition) is 4. The van der Waals surface area contributed by atoms with Crippen LogP contribution in [0.3, 0.4) is 0 Å². The first-order valence-corrected chi connectivity index (χ1v) is 6.97. The average molecular weight is 278 g/mol. The van der Waals surface area contributed by atoms with Crippen molar-refractivity contribution >= 4 is 11.0 Å². The third-order valence-electron chi connectivity index (χ3n) is 3.41. The van der Waals surface area contributed by atoms with Crippen molar-refractivity contribution in [2.24, 2.45) is 0 Å². The van der Waals surface area contributed by atoms with E-state index in [1.165, 1.54) is 0 Å². The summed E-state index contributed by atoms with van der Waals surface area (Å²) in [5.74, 6) is 2.36. The third-order valence-corrected chi connectivity index (χ3v) is 3.41. The first-order valence-electron chi connectivity index (χ1n) is 6.97. The van der Waals surface area contributed by atoms with Crippen molar-refractivity contribution in [2.75, 3.05) is 20.8 Å². The third kappa shape index (κ3) is 2.72. The molecule has 0 fully saturated rings. The van der Waals surface area contributed by atoms with E-state index in [1.807, 2.05) is 12.1 Å². The molecule has 1 aromatic carbocycles. The Morgan fingerprint density at radius 1 is 1.20 bits per heavy atom. The maximum atomic E-state index is 9.27. The number of methoxy groups -OCH3 is 2. The van der Waals surface area contributed by atoms with Crippen molar-refractivity contribution in [1.82, 2.24) is 9.55 Å². The number of imidazole rings is 1. The highest BCUT2D eigenvalue weighted by molar-refractivity contribution is 5.80. The number of aliphatic hydroxyl groups is 1. The second-order valence-electron chi connectivity index (χ2n) is 4.70. The lowest BCUT2D eigenvalue weighted by Gasteiger charge is -2.09. The van der Waals surface area contributed by atoms with Crippen LogP contribution in [-0.2, 0) is 13.0 Å². The van der Waals surface area contributed by atoms with Gasteiger partial charge in [0.05, 0.1) is 31.9 Å². The first kappa shape index (κ1) is 14.7. The average Bonchev–Trinajstić information content (AvgIpc) is 2.81. The molecule has 0 amide bonds. The molecule has 0 saturated heterocycles. The zero-order chi connectivity index (χ0) is 14.5. The maximum absolute atomic E-state index is 9.27. The van der Waals surface area contributed by atoms with Gasteiger partial charge < -0.3 is 19.1 Å². The highest BCUT2D eigenvalue weighted by Gasteiger charge is 2.14. The van der Waals surface area contributed by atoms with Crippen molar-refractivity contribution < 1.29 is 14.6 Å². The van der Waals surface area contributed by atoms with Gasteiger partial charge in [0.2, 0.25) is 0 Å². The molecule has 0 spiro atoms. The Morgan fingerprint density at radius 2 is 1.90 bits per heavy atom. The molecule has 0 aliphatic heterocycles. The lowest BCUT2D eigenvalue weighted by atomic mass is 10.2. The van der Waals surface area contributed by atoms with Gasteiger partial charge in [-0.05, 0) is 6.42 Å². The predicted octanol–water partition coefficient (Wildman–Crippen LogP) is 2.39. The number of hydrogen-bond donors (Lipinski definition) is 1. The van der Waals surface area contributed by atoms with Gasteiger partial charge in [0.1, 0.15) is 5.82 Å². The number of aliphatic hydroxyl groups excluding tert-OH is 1. The molecule has 0 unspecified atom stereocenters. The number of rotatable bonds is 7. The van der Waals surface area contributed by atoms with Gasteiger partial charge in [-0.15, -0.1) is 0 Å². The number of fused-ring (bicyclic) bond motifs is 1. The molecule has 5 heteroatoms. The number of unbranched alkanes of at least 4 members (excludes halogenated alkanes) is 1. The van der Waals surface area contributed by atoms with E-state index < -0.39 is 0 Å². The second-order valence-corrected chi connectivity index (χ2v) is 4.70. The summed E-state index contributed by atoms with van der Waals surface area (Å²) < 4.78 is 12.7. The zero-order valence-corrected chi connectivity index (χ0v) is 12.3. The number of benzene rings is 1. The van der Waals surface area contributed by atoms with Crippen LogP contribution in [0.25, 0.3) is 11.0 Å². The molecule has 0 aliphatic carbocycles. The Bertz CT molecular complexity index is 578. The molecule has 110 valence electrons. The second kappa shape index (κ2) is 6.61. The molecule has 1 heterocycles. The molecule has 2 rings (SSSR count). The van der Waals surface area contributed by atoms with E-state index >= 15 is 0 Å². The zero-order valence-electron chi connectivity index (χ0n) is 12.3. The summed E-state index contributed by atoms with van der Waals surface area (Å²) in [7, 11) is 3.24. The lowest BCUT2D eigenvalue weighted by molar-refractivity contribution is 0.276. The van der Waals surface area contributed by atoms with Crippen molar-refractivity contribution in [3.63, 3.8) is 0 Å². The van der Waals surface area contributed by atoms with E-state index in [-0.39, 0.29) is 6.61 Å². The monoisotopic (exact) mass is 278 g/mol. The molecular formula is C15H22N2O3. The topological polar surface area (TPSA) is 56.5 Å². The van der Waals surface area contributed by atoms with Gasteiger partial charge in [-0.3, -0.25) is 0 Å². The van der Waals surface area contributed by atoms with E-state index in [4.69, 9.17) is 9.47 Å². The Morgan fingerprint density at radius 3 is 2.50 bits per heavy atom. The highest BCUT2D eigenvalue weighted by atomic mass is 16.5. The van der Waals surface area contributed by atoms with Gasteiger partial charge in [0.25, 0.3) is 0 Å². The molecular weight excluding hydrogens is 256 g/mol. The largest absolute Gasteiger partial charge is 0.493 e. The van der Waals surface area contributed by atoms with Crippen LogP contribution in [0.15, 0.2) is 12.1 Å². The van der Waals surface area contributed by atoms with Gasteiger partial charge >= 0.3 is 0 Å². The minimum absolute atomic E-state index is 0.0962. The minimum atomic E-state index is 0.0962. The van der Waals surface area contributed by atoms with Crippen molar-refractivity contribution in [3.8, 4) is 11.5 Å². The number of aryl methyl sites for hydroxylation is 1. The van der Waals surface area contributed by atoms with Gasteiger partial charge in [-0.2, -0.15) is 0 Å². The lowest BCUT2D eigenvalue weighted by Crippen LogP contribution is -2.07. The fourth-order valence-corrected chi connectivity index (χ4v) is 2.38. The Hall–Kier alpha value is -1.75. The van der Waals surface area contributed by atoms with E-state index in [1.54, 1.807) is 14.2 Å². The standard InChI is InChI=1S/C15H22N2O3/c1-4-5-6-15-16-11-9-13(19-2)14(20-3)10-12(11)17(15)7-8-18/h9-10,18H,4-8H2,1-3H3. The van der Waals surface area contributed by atoms with Crippen LogP contribution < -0.4 is 9.47 Å². The summed E-state index contributed by atoms with van der Waals surface area (Å²) in [5, 5.41) is 9.27. The summed E-state index contributed by atoms with van der Waals surface area (Å²) in [6, 6.07) is 3.81. The minimum Gasteiger partial charge on any atom is -0.493 e. The van der Waals surface area contributed by atoms with Crippen LogP contribution in [0.5, 0.6) is 11.5 Å². The predicted molar refractivity (Wildman–Crippen MR) is 78.5 cm³/mol. The van der Waals surface area contributed by atoms with E-state index in [2.05, 4.69) is 16.5 Å². The van der Waals surface area contributed by atoms with E-state index in [0.717, 1.165) is 36.1 Å². The van der Waals surface area contributed by atoms with Gasteiger partial charge in [-0.25, -0.2) is 4.98 Å². The summed E-state index contributed by atoms with van der Waals surface area (Å²) in [5.41, 5.74) is 1.85. The Kier molecular flexibility index (Phi) is 4.84. The normalized spacial score (nSPS) is 11.0. The highest BCUT2D eigenvalue weighted by Crippen LogP contribution is 2.32. The van der Waals surface area contributed by atoms with Gasteiger partial charge in [0, 0.05) is 25.1 Å². The molecule has 1 N–H and O–H groups in total. The van der Waals surface area contributed by atoms with E-state index in [9.17, 15) is 5.11 Å².